The highest BCUT2D eigenvalue weighted by Crippen LogP contribution is 2.09. The lowest BCUT2D eigenvalue weighted by Gasteiger charge is -2.23. The topological polar surface area (TPSA) is 74.4 Å². The van der Waals surface area contributed by atoms with Crippen molar-refractivity contribution < 1.29 is 14.3 Å². The van der Waals surface area contributed by atoms with E-state index >= 15 is 0 Å². The Hall–Kier alpha value is -1.82. The molecule has 1 rings (SSSR count). The number of esters is 1. The van der Waals surface area contributed by atoms with E-state index < -0.39 is 5.97 Å². The van der Waals surface area contributed by atoms with Gasteiger partial charge in [0, 0.05) is 26.3 Å². The molecule has 1 aromatic heterocycles. The lowest BCUT2D eigenvalue weighted by molar-refractivity contribution is -0.131. The minimum Gasteiger partial charge on any atom is -0.464 e. The first kappa shape index (κ1) is 17.2. The summed E-state index contributed by atoms with van der Waals surface area (Å²) in [5.41, 5.74) is 1.25. The maximum Gasteiger partial charge on any atom is 0.354 e. The molecule has 0 fully saturated rings. The second-order valence-corrected chi connectivity index (χ2v) is 5.68. The highest BCUT2D eigenvalue weighted by atomic mass is 16.5. The van der Waals surface area contributed by atoms with Crippen molar-refractivity contribution >= 4 is 11.9 Å². The molecule has 0 bridgehead atoms. The van der Waals surface area contributed by atoms with Gasteiger partial charge >= 0.3 is 5.97 Å². The summed E-state index contributed by atoms with van der Waals surface area (Å²) < 4.78 is 4.65. The number of aromatic nitrogens is 1. The molecule has 0 spiro atoms. The third-order valence-corrected chi connectivity index (χ3v) is 3.14. The van der Waals surface area contributed by atoms with Gasteiger partial charge in [-0.2, -0.15) is 0 Å². The Morgan fingerprint density at radius 2 is 2.00 bits per heavy atom. The molecule has 0 aliphatic carbocycles. The molecule has 0 saturated heterocycles. The number of methoxy groups -OCH3 is 1. The largest absolute Gasteiger partial charge is 0.464 e. The number of ether oxygens (including phenoxy) is 1. The van der Waals surface area contributed by atoms with Gasteiger partial charge in [0.15, 0.2) is 0 Å². The molecule has 6 nitrogen and oxygen atoms in total. The first-order chi connectivity index (χ1) is 9.85. The number of amides is 1. The van der Waals surface area contributed by atoms with Gasteiger partial charge in [0.2, 0.25) is 5.91 Å². The average Bonchev–Trinajstić information content (AvgIpc) is 2.90. The van der Waals surface area contributed by atoms with Crippen LogP contribution in [0.1, 0.15) is 36.5 Å². The van der Waals surface area contributed by atoms with E-state index in [0.717, 1.165) is 12.1 Å². The predicted octanol–water partition coefficient (Wildman–Crippen LogP) is 1.39. The normalized spacial score (nSPS) is 12.3. The summed E-state index contributed by atoms with van der Waals surface area (Å²) in [6.45, 7) is 4.66. The summed E-state index contributed by atoms with van der Waals surface area (Å²) in [7, 11) is 4.85. The summed E-state index contributed by atoms with van der Waals surface area (Å²) in [6.07, 6.45) is 0.765. The van der Waals surface area contributed by atoms with E-state index in [0.29, 0.717) is 18.2 Å². The molecule has 1 atom stereocenters. The number of nitrogens with zero attached hydrogens (tertiary/aromatic N) is 1. The van der Waals surface area contributed by atoms with Crippen LogP contribution in [0.5, 0.6) is 0 Å². The van der Waals surface area contributed by atoms with Crippen molar-refractivity contribution in [2.75, 3.05) is 21.2 Å². The van der Waals surface area contributed by atoms with E-state index in [1.165, 1.54) is 7.11 Å². The van der Waals surface area contributed by atoms with Crippen molar-refractivity contribution in [2.24, 2.45) is 5.92 Å². The minimum atomic E-state index is -0.399. The fourth-order valence-electron chi connectivity index (χ4n) is 2.06. The van der Waals surface area contributed by atoms with E-state index in [4.69, 9.17) is 0 Å². The van der Waals surface area contributed by atoms with Crippen LogP contribution < -0.4 is 5.32 Å². The lowest BCUT2D eigenvalue weighted by atomic mass is 10.0. The fourth-order valence-corrected chi connectivity index (χ4v) is 2.06. The zero-order chi connectivity index (χ0) is 16.0. The molecule has 0 aliphatic rings. The lowest BCUT2D eigenvalue weighted by Crippen LogP contribution is -2.44. The first-order valence-corrected chi connectivity index (χ1v) is 7.05. The number of H-pyrrole nitrogens is 1. The van der Waals surface area contributed by atoms with Crippen LogP contribution in [0.15, 0.2) is 12.1 Å². The highest BCUT2D eigenvalue weighted by molar-refractivity contribution is 5.87. The molecule has 0 radical (unpaired) electrons. The van der Waals surface area contributed by atoms with Crippen LogP contribution in [-0.2, 0) is 16.1 Å². The van der Waals surface area contributed by atoms with E-state index in [2.05, 4.69) is 28.9 Å². The molecule has 6 heteroatoms. The van der Waals surface area contributed by atoms with Gasteiger partial charge in [-0.05, 0) is 24.5 Å². The molecule has 1 unspecified atom stereocenters. The Kier molecular flexibility index (Phi) is 6.42. The predicted molar refractivity (Wildman–Crippen MR) is 80.9 cm³/mol. The van der Waals surface area contributed by atoms with Crippen LogP contribution in [0.3, 0.4) is 0 Å². The van der Waals surface area contributed by atoms with Crippen LogP contribution in [0, 0.1) is 5.92 Å². The van der Waals surface area contributed by atoms with Gasteiger partial charge in [-0.15, -0.1) is 0 Å². The number of nitrogens with one attached hydrogen (secondary N) is 2. The molecule has 21 heavy (non-hydrogen) atoms. The summed E-state index contributed by atoms with van der Waals surface area (Å²) in [5.74, 6) is 0.0773. The number of carbonyl (C=O) groups is 2. The molecule has 1 heterocycles. The van der Waals surface area contributed by atoms with Gasteiger partial charge in [0.25, 0.3) is 0 Å². The van der Waals surface area contributed by atoms with Crippen LogP contribution in [-0.4, -0.2) is 49.0 Å². The van der Waals surface area contributed by atoms with Gasteiger partial charge < -0.3 is 19.9 Å². The third kappa shape index (κ3) is 5.23. The van der Waals surface area contributed by atoms with E-state index in [9.17, 15) is 9.59 Å². The summed E-state index contributed by atoms with van der Waals surface area (Å²) in [6, 6.07) is 3.25. The maximum atomic E-state index is 12.1. The Morgan fingerprint density at radius 1 is 1.33 bits per heavy atom. The quantitative estimate of drug-likeness (QED) is 0.746. The van der Waals surface area contributed by atoms with E-state index in [1.807, 2.05) is 6.07 Å². The second kappa shape index (κ2) is 7.83. The molecule has 118 valence electrons. The Bertz CT molecular complexity index is 480. The highest BCUT2D eigenvalue weighted by Gasteiger charge is 2.21. The Balaban J connectivity index is 2.66. The van der Waals surface area contributed by atoms with Crippen LogP contribution in [0.25, 0.3) is 0 Å². The number of hydrogen-bond donors (Lipinski definition) is 2. The number of hydrogen-bond acceptors (Lipinski definition) is 4. The molecule has 0 aromatic carbocycles. The third-order valence-electron chi connectivity index (χ3n) is 3.14. The Morgan fingerprint density at radius 3 is 2.52 bits per heavy atom. The molecule has 2 N–H and O–H groups in total. The average molecular weight is 295 g/mol. The molecular formula is C15H25N3O3. The summed E-state index contributed by atoms with van der Waals surface area (Å²) in [5, 5.41) is 3.24. The summed E-state index contributed by atoms with van der Waals surface area (Å²) in [4.78, 5) is 28.1. The molecule has 1 aromatic rings. The van der Waals surface area contributed by atoms with Crippen LogP contribution in [0.2, 0.25) is 0 Å². The van der Waals surface area contributed by atoms with Crippen molar-refractivity contribution in [3.63, 3.8) is 0 Å². The smallest absolute Gasteiger partial charge is 0.354 e. The molecular weight excluding hydrogens is 270 g/mol. The standard InChI is InChI=1S/C15H25N3O3/c1-10(2)8-13(14(19)18(3)4)16-9-11-6-7-12(17-11)15(20)21-5/h6-7,10,13,16-17H,8-9H2,1-5H3. The van der Waals surface area contributed by atoms with Crippen molar-refractivity contribution in [3.8, 4) is 0 Å². The van der Waals surface area contributed by atoms with Crippen molar-refractivity contribution in [1.29, 1.82) is 0 Å². The van der Waals surface area contributed by atoms with Gasteiger partial charge in [0.1, 0.15) is 5.69 Å². The molecule has 0 saturated carbocycles. The number of rotatable bonds is 7. The van der Waals surface area contributed by atoms with Crippen molar-refractivity contribution in [1.82, 2.24) is 15.2 Å². The first-order valence-electron chi connectivity index (χ1n) is 7.05. The monoisotopic (exact) mass is 295 g/mol. The summed E-state index contributed by atoms with van der Waals surface area (Å²) >= 11 is 0. The minimum absolute atomic E-state index is 0.0587. The SMILES string of the molecule is COC(=O)c1ccc(CNC(CC(C)C)C(=O)N(C)C)[nH]1. The Labute approximate surface area is 125 Å². The maximum absolute atomic E-state index is 12.1. The number of carbonyl (C=O) groups excluding carboxylic acids is 2. The zero-order valence-corrected chi connectivity index (χ0v) is 13.4. The number of aromatic amines is 1. The zero-order valence-electron chi connectivity index (χ0n) is 13.4. The second-order valence-electron chi connectivity index (χ2n) is 5.68. The van der Waals surface area contributed by atoms with Gasteiger partial charge in [-0.1, -0.05) is 13.8 Å². The van der Waals surface area contributed by atoms with Crippen LogP contribution >= 0.6 is 0 Å². The number of likely N-dealkylation sites (N-methyl/N-ethyl adjacent to an activating group) is 1. The van der Waals surface area contributed by atoms with Gasteiger partial charge in [-0.25, -0.2) is 4.79 Å². The van der Waals surface area contributed by atoms with Crippen molar-refractivity contribution in [2.45, 2.75) is 32.9 Å². The fraction of sp³-hybridized carbons (Fsp3) is 0.600. The van der Waals surface area contributed by atoms with Crippen LogP contribution in [0.4, 0.5) is 0 Å². The van der Waals surface area contributed by atoms with Gasteiger partial charge in [0.05, 0.1) is 13.2 Å². The molecule has 1 amide bonds. The van der Waals surface area contributed by atoms with Gasteiger partial charge in [-0.3, -0.25) is 4.79 Å². The van der Waals surface area contributed by atoms with E-state index in [1.54, 1.807) is 25.1 Å². The molecule has 0 aliphatic heterocycles. The van der Waals surface area contributed by atoms with Crippen molar-refractivity contribution in [3.05, 3.63) is 23.5 Å². The van der Waals surface area contributed by atoms with E-state index in [-0.39, 0.29) is 11.9 Å².